The molecule has 1 amide bonds. The zero-order valence-corrected chi connectivity index (χ0v) is 11.9. The smallest absolute Gasteiger partial charge is 0.251 e. The Labute approximate surface area is 122 Å². The number of aryl methyl sites for hydroxylation is 1. The first kappa shape index (κ1) is 13.1. The fraction of sp³-hybridized carbons (Fsp3) is 0.357. The van der Waals surface area contributed by atoms with Crippen LogP contribution in [-0.2, 0) is 4.79 Å². The van der Waals surface area contributed by atoms with Crippen LogP contribution in [0.25, 0.3) is 11.4 Å². The van der Waals surface area contributed by atoms with Gasteiger partial charge in [0.2, 0.25) is 5.91 Å². The van der Waals surface area contributed by atoms with Crippen molar-refractivity contribution >= 4 is 23.5 Å². The van der Waals surface area contributed by atoms with Crippen molar-refractivity contribution in [2.45, 2.75) is 13.3 Å². The Morgan fingerprint density at radius 3 is 2.80 bits per heavy atom. The van der Waals surface area contributed by atoms with Crippen molar-refractivity contribution in [1.29, 1.82) is 0 Å². The average Bonchev–Trinajstić information content (AvgIpc) is 3.06. The van der Waals surface area contributed by atoms with Crippen molar-refractivity contribution in [1.82, 2.24) is 15.2 Å². The van der Waals surface area contributed by atoms with Crippen LogP contribution in [0.2, 0.25) is 0 Å². The summed E-state index contributed by atoms with van der Waals surface area (Å²) in [5, 5.41) is 7.03. The first-order valence-corrected chi connectivity index (χ1v) is 7.06. The van der Waals surface area contributed by atoms with Gasteiger partial charge in [-0.2, -0.15) is 4.98 Å². The molecule has 3 rings (SSSR count). The first-order valence-electron chi connectivity index (χ1n) is 6.53. The number of benzene rings is 1. The minimum absolute atomic E-state index is 0.0325. The fourth-order valence-electron chi connectivity index (χ4n) is 2.29. The minimum Gasteiger partial charge on any atom is -0.279 e. The van der Waals surface area contributed by atoms with Gasteiger partial charge in [0.15, 0.2) is 5.82 Å². The van der Waals surface area contributed by atoms with Crippen molar-refractivity contribution in [2.24, 2.45) is 5.92 Å². The molecule has 2 heterocycles. The van der Waals surface area contributed by atoms with Crippen molar-refractivity contribution in [3.05, 3.63) is 29.8 Å². The van der Waals surface area contributed by atoms with Crippen LogP contribution in [0.1, 0.15) is 12.0 Å². The Kier molecular flexibility index (Phi) is 3.44. The van der Waals surface area contributed by atoms with E-state index >= 15 is 0 Å². The van der Waals surface area contributed by atoms with Crippen LogP contribution < -0.4 is 4.90 Å². The van der Waals surface area contributed by atoms with Gasteiger partial charge >= 0.3 is 0 Å². The number of hydrogen-bond donors (Lipinski definition) is 1. The number of aromatic amines is 1. The number of amides is 1. The Morgan fingerprint density at radius 2 is 2.15 bits per heavy atom. The largest absolute Gasteiger partial charge is 0.279 e. The van der Waals surface area contributed by atoms with Gasteiger partial charge in [-0.25, -0.2) is 0 Å². The summed E-state index contributed by atoms with van der Waals surface area (Å²) in [6, 6.07) is 7.99. The van der Waals surface area contributed by atoms with E-state index in [2.05, 4.69) is 15.2 Å². The van der Waals surface area contributed by atoms with Gasteiger partial charge in [-0.05, 0) is 12.8 Å². The maximum absolute atomic E-state index is 11.9. The van der Waals surface area contributed by atoms with Crippen LogP contribution in [0.3, 0.4) is 0 Å². The number of nitrogens with zero attached hydrogens (tertiary/aromatic N) is 3. The summed E-state index contributed by atoms with van der Waals surface area (Å²) in [5.74, 6) is 1.80. The third-order valence-corrected chi connectivity index (χ3v) is 3.90. The van der Waals surface area contributed by atoms with Crippen molar-refractivity contribution < 1.29 is 4.79 Å². The molecule has 1 aromatic heterocycles. The highest BCUT2D eigenvalue weighted by atomic mass is 35.5. The zero-order valence-electron chi connectivity index (χ0n) is 11.1. The number of anilines is 1. The number of halogens is 1. The van der Waals surface area contributed by atoms with Crippen molar-refractivity contribution in [2.75, 3.05) is 17.3 Å². The molecule has 1 N–H and O–H groups in total. The molecule has 2 aromatic rings. The number of carbonyl (C=O) groups excluding carboxylic acids is 1. The van der Waals surface area contributed by atoms with E-state index in [9.17, 15) is 4.79 Å². The monoisotopic (exact) mass is 290 g/mol. The molecule has 1 aromatic carbocycles. The minimum atomic E-state index is 0.0325. The highest BCUT2D eigenvalue weighted by Crippen LogP contribution is 2.25. The molecule has 0 bridgehead atoms. The lowest BCUT2D eigenvalue weighted by Gasteiger charge is -2.10. The number of hydrogen-bond acceptors (Lipinski definition) is 3. The summed E-state index contributed by atoms with van der Waals surface area (Å²) in [6.45, 7) is 2.62. The lowest BCUT2D eigenvalue weighted by Crippen LogP contribution is -2.25. The summed E-state index contributed by atoms with van der Waals surface area (Å²) in [6.07, 6.45) is 0.470. The van der Waals surface area contributed by atoms with E-state index in [0.29, 0.717) is 30.6 Å². The van der Waals surface area contributed by atoms with Crippen LogP contribution in [0.5, 0.6) is 0 Å². The lowest BCUT2D eigenvalue weighted by molar-refractivity contribution is -0.117. The Morgan fingerprint density at radius 1 is 1.40 bits per heavy atom. The predicted molar refractivity (Wildman–Crippen MR) is 77.7 cm³/mol. The quantitative estimate of drug-likeness (QED) is 0.883. The van der Waals surface area contributed by atoms with E-state index in [-0.39, 0.29) is 11.8 Å². The highest BCUT2D eigenvalue weighted by Gasteiger charge is 2.32. The second kappa shape index (κ2) is 5.25. The molecule has 0 radical (unpaired) electrons. The Bertz CT molecular complexity index is 622. The molecule has 104 valence electrons. The molecular formula is C14H15ClN4O. The summed E-state index contributed by atoms with van der Waals surface area (Å²) in [4.78, 5) is 17.9. The van der Waals surface area contributed by atoms with Crippen LogP contribution in [-0.4, -0.2) is 33.5 Å². The van der Waals surface area contributed by atoms with Crippen LogP contribution in [0.15, 0.2) is 24.3 Å². The molecule has 1 fully saturated rings. The normalized spacial score (nSPS) is 18.8. The molecule has 0 aliphatic carbocycles. The third-order valence-electron chi connectivity index (χ3n) is 3.46. The van der Waals surface area contributed by atoms with E-state index in [4.69, 9.17) is 11.6 Å². The van der Waals surface area contributed by atoms with E-state index in [1.165, 1.54) is 5.56 Å². The van der Waals surface area contributed by atoms with Crippen molar-refractivity contribution in [3.63, 3.8) is 0 Å². The molecule has 20 heavy (non-hydrogen) atoms. The molecule has 0 spiro atoms. The number of carbonyl (C=O) groups is 1. The number of nitrogens with one attached hydrogen (secondary N) is 1. The van der Waals surface area contributed by atoms with Gasteiger partial charge in [0.05, 0.1) is 0 Å². The zero-order chi connectivity index (χ0) is 14.1. The molecule has 1 aliphatic heterocycles. The maximum atomic E-state index is 11.9. The average molecular weight is 291 g/mol. The predicted octanol–water partition coefficient (Wildman–Crippen LogP) is 2.37. The second-order valence-corrected chi connectivity index (χ2v) is 5.39. The first-order chi connectivity index (χ1) is 9.67. The summed E-state index contributed by atoms with van der Waals surface area (Å²) in [5.41, 5.74) is 2.14. The molecular weight excluding hydrogens is 276 g/mol. The van der Waals surface area contributed by atoms with Crippen molar-refractivity contribution in [3.8, 4) is 11.4 Å². The van der Waals surface area contributed by atoms with Crippen LogP contribution in [0.4, 0.5) is 5.95 Å². The van der Waals surface area contributed by atoms with E-state index in [0.717, 1.165) is 5.56 Å². The fourth-order valence-corrected chi connectivity index (χ4v) is 2.50. The van der Waals surface area contributed by atoms with Gasteiger partial charge in [0, 0.05) is 24.4 Å². The SMILES string of the molecule is Cc1ccc(-c2nc(N3CC(CCl)CC3=O)n[nH]2)cc1. The molecule has 1 aliphatic rings. The third kappa shape index (κ3) is 2.41. The summed E-state index contributed by atoms with van der Waals surface area (Å²) in [7, 11) is 0. The van der Waals surface area contributed by atoms with Gasteiger partial charge in [0.25, 0.3) is 5.95 Å². The summed E-state index contributed by atoms with van der Waals surface area (Å²) >= 11 is 5.81. The second-order valence-electron chi connectivity index (χ2n) is 5.08. The Hall–Kier alpha value is -1.88. The molecule has 1 unspecified atom stereocenters. The molecule has 0 saturated carbocycles. The van der Waals surface area contributed by atoms with Gasteiger partial charge in [-0.15, -0.1) is 16.7 Å². The molecule has 6 heteroatoms. The Balaban J connectivity index is 1.83. The lowest BCUT2D eigenvalue weighted by atomic mass is 10.1. The number of rotatable bonds is 3. The highest BCUT2D eigenvalue weighted by molar-refractivity contribution is 6.18. The topological polar surface area (TPSA) is 61.9 Å². The van der Waals surface area contributed by atoms with Gasteiger partial charge < -0.3 is 0 Å². The molecule has 1 atom stereocenters. The number of H-pyrrole nitrogens is 1. The van der Waals surface area contributed by atoms with Crippen LogP contribution >= 0.6 is 11.6 Å². The van der Waals surface area contributed by atoms with Gasteiger partial charge in [-0.3, -0.25) is 14.8 Å². The van der Waals surface area contributed by atoms with Gasteiger partial charge in [-0.1, -0.05) is 29.8 Å². The van der Waals surface area contributed by atoms with Crippen LogP contribution in [0, 0.1) is 12.8 Å². The van der Waals surface area contributed by atoms with E-state index in [1.54, 1.807) is 4.90 Å². The molecule has 5 nitrogen and oxygen atoms in total. The molecule has 1 saturated heterocycles. The summed E-state index contributed by atoms with van der Waals surface area (Å²) < 4.78 is 0. The standard InChI is InChI=1S/C14H15ClN4O/c1-9-2-4-11(5-3-9)13-16-14(18-17-13)19-8-10(7-15)6-12(19)20/h2-5,10H,6-8H2,1H3,(H,16,17,18). The number of aromatic nitrogens is 3. The maximum Gasteiger partial charge on any atom is 0.251 e. The van der Waals surface area contributed by atoms with E-state index in [1.807, 2.05) is 31.2 Å². The number of alkyl halides is 1. The van der Waals surface area contributed by atoms with E-state index < -0.39 is 0 Å². The van der Waals surface area contributed by atoms with Gasteiger partial charge in [0.1, 0.15) is 0 Å².